The van der Waals surface area contributed by atoms with Gasteiger partial charge in [-0.25, -0.2) is 0 Å². The first-order valence-electron chi connectivity index (χ1n) is 12.1. The van der Waals surface area contributed by atoms with E-state index < -0.39 is 0 Å². The molecule has 0 aromatic carbocycles. The molecule has 0 aromatic rings. The standard InChI is InChI=1S/C24H51P.H3P.H2Se/c1-4-7-10-13-16-19-22-25(23-20-17-14-11-8-5-2)24-21-18-15-12-9-6-3;;/h4-24H2,1-3H3;1H3;1H2. The normalized spacial score (nSPS) is 10.7. The van der Waals surface area contributed by atoms with Crippen molar-refractivity contribution in [3.63, 3.8) is 0 Å². The van der Waals surface area contributed by atoms with Crippen LogP contribution in [0.3, 0.4) is 0 Å². The molecule has 0 spiro atoms. The van der Waals surface area contributed by atoms with Crippen LogP contribution in [-0.2, 0) is 0 Å². The SMILES string of the molecule is CCCCCCCCP(CCCCCCCC)CCCCCCCC.P.[SeH2]. The van der Waals surface area contributed by atoms with Gasteiger partial charge in [-0.1, -0.05) is 117 Å². The zero-order valence-corrected chi connectivity index (χ0v) is 23.9. The van der Waals surface area contributed by atoms with E-state index in [9.17, 15) is 0 Å². The molecule has 0 aliphatic carbocycles. The summed E-state index contributed by atoms with van der Waals surface area (Å²) in [4.78, 5) is 0. The van der Waals surface area contributed by atoms with Gasteiger partial charge in [0.25, 0.3) is 0 Å². The van der Waals surface area contributed by atoms with Gasteiger partial charge in [-0.15, -0.1) is 7.92 Å². The summed E-state index contributed by atoms with van der Waals surface area (Å²) in [5.41, 5.74) is 0. The molecule has 0 rings (SSSR count). The van der Waals surface area contributed by atoms with Crippen molar-refractivity contribution in [2.45, 2.75) is 136 Å². The Morgan fingerprint density at radius 1 is 0.370 bits per heavy atom. The van der Waals surface area contributed by atoms with Gasteiger partial charge in [0.05, 0.1) is 0 Å². The van der Waals surface area contributed by atoms with E-state index in [1.54, 1.807) is 18.5 Å². The van der Waals surface area contributed by atoms with Crippen molar-refractivity contribution in [2.24, 2.45) is 0 Å². The number of hydrogen-bond donors (Lipinski definition) is 0. The van der Waals surface area contributed by atoms with Crippen LogP contribution in [-0.4, -0.2) is 35.6 Å². The summed E-state index contributed by atoms with van der Waals surface area (Å²) in [5.74, 6) is 0. The summed E-state index contributed by atoms with van der Waals surface area (Å²) in [6.45, 7) is 6.96. The molecule has 0 saturated heterocycles. The Balaban J connectivity index is -0.00000288. The van der Waals surface area contributed by atoms with E-state index >= 15 is 0 Å². The molecule has 3 heteroatoms. The van der Waals surface area contributed by atoms with Crippen LogP contribution in [0.2, 0.25) is 0 Å². The predicted octanol–water partition coefficient (Wildman–Crippen LogP) is 8.69. The second-order valence-corrected chi connectivity index (χ2v) is 10.8. The van der Waals surface area contributed by atoms with Gasteiger partial charge < -0.3 is 0 Å². The van der Waals surface area contributed by atoms with Crippen LogP contribution in [0, 0.1) is 0 Å². The molecule has 0 fully saturated rings. The number of hydrogen-bond acceptors (Lipinski definition) is 0. The minimum absolute atomic E-state index is 0. The third kappa shape index (κ3) is 27.4. The van der Waals surface area contributed by atoms with E-state index in [2.05, 4.69) is 20.8 Å². The first-order chi connectivity index (χ1) is 12.3. The van der Waals surface area contributed by atoms with Gasteiger partial charge >= 0.3 is 17.1 Å². The zero-order chi connectivity index (χ0) is 18.4. The summed E-state index contributed by atoms with van der Waals surface area (Å²) in [6, 6.07) is 0. The Morgan fingerprint density at radius 3 is 0.852 bits per heavy atom. The third-order valence-electron chi connectivity index (χ3n) is 5.48. The van der Waals surface area contributed by atoms with E-state index in [1.807, 2.05) is 0 Å². The molecular formula is C24H56P2Se. The Hall–Kier alpha value is 1.38. The fourth-order valence-electron chi connectivity index (χ4n) is 3.68. The second-order valence-electron chi connectivity index (χ2n) is 8.14. The van der Waals surface area contributed by atoms with E-state index in [-0.39, 0.29) is 27.0 Å². The number of unbranched alkanes of at least 4 members (excludes halogenated alkanes) is 15. The quantitative estimate of drug-likeness (QED) is 0.0866. The van der Waals surface area contributed by atoms with Crippen molar-refractivity contribution < 1.29 is 0 Å². The monoisotopic (exact) mass is 486 g/mol. The first kappa shape index (κ1) is 33.0. The van der Waals surface area contributed by atoms with Crippen molar-refractivity contribution in [1.29, 1.82) is 0 Å². The molecule has 0 nitrogen and oxygen atoms in total. The molecule has 0 radical (unpaired) electrons. The van der Waals surface area contributed by atoms with Crippen molar-refractivity contribution >= 4 is 34.9 Å². The fourth-order valence-corrected chi connectivity index (χ4v) is 6.37. The van der Waals surface area contributed by atoms with Gasteiger partial charge in [-0.2, -0.15) is 9.90 Å². The average molecular weight is 486 g/mol. The van der Waals surface area contributed by atoms with Crippen LogP contribution < -0.4 is 0 Å². The maximum absolute atomic E-state index is 2.32. The molecule has 0 saturated carbocycles. The Kier molecular flexibility index (Phi) is 36.2. The van der Waals surface area contributed by atoms with Gasteiger partial charge in [0, 0.05) is 0 Å². The topological polar surface area (TPSA) is 0 Å². The molecule has 0 bridgehead atoms. The molecule has 0 heterocycles. The predicted molar refractivity (Wildman–Crippen MR) is 141 cm³/mol. The molecule has 1 atom stereocenters. The molecule has 0 N–H and O–H groups in total. The van der Waals surface area contributed by atoms with Crippen LogP contribution in [0.25, 0.3) is 0 Å². The zero-order valence-electron chi connectivity index (χ0n) is 19.5. The molecule has 168 valence electrons. The molecular weight excluding hydrogens is 429 g/mol. The van der Waals surface area contributed by atoms with Crippen molar-refractivity contribution in [3.05, 3.63) is 0 Å². The summed E-state index contributed by atoms with van der Waals surface area (Å²) >= 11 is 0. The van der Waals surface area contributed by atoms with Crippen LogP contribution in [0.5, 0.6) is 0 Å². The molecule has 0 aromatic heterocycles. The van der Waals surface area contributed by atoms with Gasteiger partial charge in [0.2, 0.25) is 0 Å². The Morgan fingerprint density at radius 2 is 0.593 bits per heavy atom. The molecule has 0 aliphatic heterocycles. The summed E-state index contributed by atoms with van der Waals surface area (Å²) in [5, 5.41) is 0. The molecule has 0 aliphatic rings. The van der Waals surface area contributed by atoms with Crippen LogP contribution in [0.15, 0.2) is 0 Å². The van der Waals surface area contributed by atoms with E-state index in [0.717, 1.165) is 0 Å². The van der Waals surface area contributed by atoms with E-state index in [0.29, 0.717) is 7.92 Å². The van der Waals surface area contributed by atoms with Crippen molar-refractivity contribution in [3.8, 4) is 0 Å². The first-order valence-corrected chi connectivity index (χ1v) is 14.0. The molecule has 0 amide bonds. The summed E-state index contributed by atoms with van der Waals surface area (Å²) in [6.07, 6.45) is 31.2. The second kappa shape index (κ2) is 29.6. The summed E-state index contributed by atoms with van der Waals surface area (Å²) in [7, 11) is 0.366. The van der Waals surface area contributed by atoms with Crippen LogP contribution >= 0.6 is 17.8 Å². The van der Waals surface area contributed by atoms with Gasteiger partial charge in [0.1, 0.15) is 0 Å². The number of rotatable bonds is 21. The minimum atomic E-state index is 0. The fraction of sp³-hybridized carbons (Fsp3) is 1.00. The van der Waals surface area contributed by atoms with Crippen LogP contribution in [0.4, 0.5) is 0 Å². The van der Waals surface area contributed by atoms with Gasteiger partial charge in [0.15, 0.2) is 0 Å². The van der Waals surface area contributed by atoms with Gasteiger partial charge in [-0.05, 0) is 37.7 Å². The van der Waals surface area contributed by atoms with Gasteiger partial charge in [-0.3, -0.25) is 0 Å². The summed E-state index contributed by atoms with van der Waals surface area (Å²) < 4.78 is 0. The van der Waals surface area contributed by atoms with Crippen LogP contribution in [0.1, 0.15) is 136 Å². The van der Waals surface area contributed by atoms with Crippen molar-refractivity contribution in [2.75, 3.05) is 18.5 Å². The Labute approximate surface area is 189 Å². The van der Waals surface area contributed by atoms with Crippen molar-refractivity contribution in [1.82, 2.24) is 0 Å². The third-order valence-corrected chi connectivity index (χ3v) is 8.33. The van der Waals surface area contributed by atoms with E-state index in [4.69, 9.17) is 0 Å². The molecule has 27 heavy (non-hydrogen) atoms. The maximum atomic E-state index is 2.32. The Bertz CT molecular complexity index is 198. The molecule has 1 unspecified atom stereocenters. The van der Waals surface area contributed by atoms with E-state index in [1.165, 1.54) is 116 Å². The average Bonchev–Trinajstić information content (AvgIpc) is 2.63.